The number of hydrogen-bond donors (Lipinski definition) is 3. The van der Waals surface area contributed by atoms with Gasteiger partial charge in [-0.15, -0.1) is 0 Å². The number of phosphoric acid groups is 1. The lowest BCUT2D eigenvalue weighted by molar-refractivity contribution is 0.141. The van der Waals surface area contributed by atoms with Gasteiger partial charge in [0, 0.05) is 12.6 Å². The highest BCUT2D eigenvalue weighted by atomic mass is 32.2. The van der Waals surface area contributed by atoms with E-state index in [0.29, 0.717) is 12.8 Å². The summed E-state index contributed by atoms with van der Waals surface area (Å²) in [5, 5.41) is 0. The maximum Gasteiger partial charge on any atom is 0.472 e. The lowest BCUT2D eigenvalue weighted by atomic mass is 10.1. The number of rotatable bonds is 22. The van der Waals surface area contributed by atoms with Crippen molar-refractivity contribution in [2.75, 3.05) is 25.5 Å². The van der Waals surface area contributed by atoms with Crippen LogP contribution in [0.3, 0.4) is 0 Å². The summed E-state index contributed by atoms with van der Waals surface area (Å²) < 4.78 is 49.1. The van der Waals surface area contributed by atoms with Crippen LogP contribution >= 0.6 is 7.82 Å². The molecule has 0 bridgehead atoms. The van der Waals surface area contributed by atoms with Crippen molar-refractivity contribution in [1.82, 2.24) is 4.72 Å². The Kier molecular flexibility index (Phi) is 18.5. The van der Waals surface area contributed by atoms with Gasteiger partial charge in [0.15, 0.2) is 0 Å². The lowest BCUT2D eigenvalue weighted by Crippen LogP contribution is -2.39. The third kappa shape index (κ3) is 18.7. The van der Waals surface area contributed by atoms with Gasteiger partial charge in [0.1, 0.15) is 0 Å². The van der Waals surface area contributed by atoms with Crippen LogP contribution in [0.15, 0.2) is 0 Å². The van der Waals surface area contributed by atoms with E-state index in [0.717, 1.165) is 44.9 Å². The zero-order chi connectivity index (χ0) is 22.7. The monoisotopic (exact) mass is 472 g/mol. The van der Waals surface area contributed by atoms with Crippen LogP contribution in [0.5, 0.6) is 0 Å². The number of hydrogen-bond acceptors (Lipinski definition) is 6. The van der Waals surface area contributed by atoms with E-state index >= 15 is 0 Å². The maximum atomic E-state index is 12.5. The Balaban J connectivity index is 4.43. The standard InChI is InChI=1S/C20H45N2O6PS/c1-3-5-7-9-10-11-12-14-18-30(25,26)22-20(15-13-8-6-4-2)19-28-29(23,24)27-17-16-21/h20,22H,3-19,21H2,1-2H3,(H,23,24)/t20-/m1/s1. The van der Waals surface area contributed by atoms with Gasteiger partial charge in [-0.25, -0.2) is 17.7 Å². The predicted molar refractivity (Wildman–Crippen MR) is 123 cm³/mol. The van der Waals surface area contributed by atoms with Crippen LogP contribution in [0.1, 0.15) is 97.3 Å². The van der Waals surface area contributed by atoms with Gasteiger partial charge in [-0.1, -0.05) is 84.5 Å². The summed E-state index contributed by atoms with van der Waals surface area (Å²) in [5.41, 5.74) is 5.26. The van der Waals surface area contributed by atoms with Crippen LogP contribution in [0.4, 0.5) is 0 Å². The summed E-state index contributed by atoms with van der Waals surface area (Å²) in [7, 11) is -7.70. The fraction of sp³-hybridized carbons (Fsp3) is 1.00. The van der Waals surface area contributed by atoms with Gasteiger partial charge in [-0.3, -0.25) is 9.05 Å². The van der Waals surface area contributed by atoms with E-state index in [-0.39, 0.29) is 25.5 Å². The molecular weight excluding hydrogens is 427 g/mol. The highest BCUT2D eigenvalue weighted by molar-refractivity contribution is 7.89. The van der Waals surface area contributed by atoms with E-state index in [2.05, 4.69) is 18.6 Å². The summed E-state index contributed by atoms with van der Waals surface area (Å²) >= 11 is 0. The van der Waals surface area contributed by atoms with Crippen molar-refractivity contribution in [1.29, 1.82) is 0 Å². The fourth-order valence-electron chi connectivity index (χ4n) is 3.12. The van der Waals surface area contributed by atoms with Gasteiger partial charge in [0.05, 0.1) is 19.0 Å². The molecule has 0 amide bonds. The second-order valence-corrected chi connectivity index (χ2v) is 11.2. The molecule has 0 saturated carbocycles. The van der Waals surface area contributed by atoms with Crippen molar-refractivity contribution >= 4 is 17.8 Å². The lowest BCUT2D eigenvalue weighted by Gasteiger charge is -2.20. The first kappa shape index (κ1) is 30.0. The average Bonchev–Trinajstić information content (AvgIpc) is 2.69. The van der Waals surface area contributed by atoms with Crippen molar-refractivity contribution in [2.24, 2.45) is 5.73 Å². The molecule has 10 heteroatoms. The number of phosphoric ester groups is 1. The summed E-state index contributed by atoms with van der Waals surface area (Å²) in [5.74, 6) is 0.0634. The van der Waals surface area contributed by atoms with Gasteiger partial charge in [0.25, 0.3) is 0 Å². The number of unbranched alkanes of at least 4 members (excludes halogenated alkanes) is 10. The van der Waals surface area contributed by atoms with Crippen LogP contribution in [0.25, 0.3) is 0 Å². The Labute approximate surface area is 184 Å². The van der Waals surface area contributed by atoms with E-state index < -0.39 is 23.9 Å². The van der Waals surface area contributed by atoms with E-state index in [9.17, 15) is 17.9 Å². The van der Waals surface area contributed by atoms with Crippen LogP contribution in [-0.2, 0) is 23.6 Å². The molecule has 0 fully saturated rings. The Morgan fingerprint density at radius 3 is 2.00 bits per heavy atom. The van der Waals surface area contributed by atoms with Gasteiger partial charge in [-0.2, -0.15) is 0 Å². The van der Waals surface area contributed by atoms with Crippen molar-refractivity contribution in [2.45, 2.75) is 103 Å². The zero-order valence-corrected chi connectivity index (χ0v) is 20.7. The molecule has 0 aliphatic rings. The Morgan fingerprint density at radius 2 is 1.43 bits per heavy atom. The Morgan fingerprint density at radius 1 is 0.900 bits per heavy atom. The molecule has 2 atom stereocenters. The van der Waals surface area contributed by atoms with E-state index in [4.69, 9.17) is 14.8 Å². The van der Waals surface area contributed by atoms with Crippen molar-refractivity contribution < 1.29 is 26.9 Å². The first-order valence-electron chi connectivity index (χ1n) is 11.6. The maximum absolute atomic E-state index is 12.5. The summed E-state index contributed by atoms with van der Waals surface area (Å²) in [6, 6.07) is -0.553. The SMILES string of the molecule is CCCCCCCCCCS(=O)(=O)N[C@H](CCCCCC)COP(=O)(O)OCCN. The van der Waals surface area contributed by atoms with Gasteiger partial charge >= 0.3 is 7.82 Å². The fourth-order valence-corrected chi connectivity index (χ4v) is 5.30. The smallest absolute Gasteiger partial charge is 0.328 e. The molecule has 0 spiro atoms. The molecule has 0 aromatic rings. The molecule has 1 unspecified atom stereocenters. The zero-order valence-electron chi connectivity index (χ0n) is 19.0. The minimum Gasteiger partial charge on any atom is -0.328 e. The topological polar surface area (TPSA) is 128 Å². The molecule has 8 nitrogen and oxygen atoms in total. The number of nitrogens with one attached hydrogen (secondary N) is 1. The minimum absolute atomic E-state index is 0.0634. The van der Waals surface area contributed by atoms with Crippen LogP contribution < -0.4 is 10.5 Å². The van der Waals surface area contributed by atoms with E-state index in [1.807, 2.05) is 0 Å². The predicted octanol–water partition coefficient (Wildman–Crippen LogP) is 4.48. The molecule has 182 valence electrons. The van der Waals surface area contributed by atoms with Gasteiger partial charge in [0.2, 0.25) is 10.0 Å². The van der Waals surface area contributed by atoms with E-state index in [1.165, 1.54) is 25.7 Å². The third-order valence-corrected chi connectivity index (χ3v) is 7.33. The van der Waals surface area contributed by atoms with Gasteiger partial charge in [-0.05, 0) is 12.8 Å². The molecule has 0 aliphatic heterocycles. The molecular formula is C20H45N2O6PS. The molecule has 0 aliphatic carbocycles. The van der Waals surface area contributed by atoms with Crippen molar-refractivity contribution in [3.8, 4) is 0 Å². The quantitative estimate of drug-likeness (QED) is 0.157. The second kappa shape index (κ2) is 18.5. The first-order chi connectivity index (χ1) is 14.3. The summed E-state index contributed by atoms with van der Waals surface area (Å²) in [6.45, 7) is 4.08. The minimum atomic E-state index is -4.23. The van der Waals surface area contributed by atoms with Crippen LogP contribution in [0, 0.1) is 0 Å². The molecule has 4 N–H and O–H groups in total. The largest absolute Gasteiger partial charge is 0.472 e. The molecule has 0 rings (SSSR count). The third-order valence-electron chi connectivity index (χ3n) is 4.83. The average molecular weight is 473 g/mol. The molecule has 0 aromatic heterocycles. The van der Waals surface area contributed by atoms with Crippen LogP contribution in [0.2, 0.25) is 0 Å². The first-order valence-corrected chi connectivity index (χ1v) is 14.7. The van der Waals surface area contributed by atoms with E-state index in [1.54, 1.807) is 0 Å². The van der Waals surface area contributed by atoms with Crippen LogP contribution in [-0.4, -0.2) is 44.9 Å². The highest BCUT2D eigenvalue weighted by Gasteiger charge is 2.25. The van der Waals surface area contributed by atoms with Gasteiger partial charge < -0.3 is 10.6 Å². The molecule has 30 heavy (non-hydrogen) atoms. The Bertz CT molecular complexity index is 547. The highest BCUT2D eigenvalue weighted by Crippen LogP contribution is 2.43. The van der Waals surface area contributed by atoms with Crippen molar-refractivity contribution in [3.05, 3.63) is 0 Å². The number of sulfonamides is 1. The second-order valence-electron chi connectivity index (χ2n) is 7.84. The Hall–Kier alpha value is -0.0200. The summed E-state index contributed by atoms with van der Waals surface area (Å²) in [4.78, 5) is 9.66. The molecule has 0 saturated heterocycles. The summed E-state index contributed by atoms with van der Waals surface area (Å²) in [6.07, 6.45) is 13.1. The molecule has 0 radical (unpaired) electrons. The molecule has 0 aromatic carbocycles. The van der Waals surface area contributed by atoms with Crippen molar-refractivity contribution in [3.63, 3.8) is 0 Å². The number of nitrogens with two attached hydrogens (primary N) is 1. The molecule has 0 heterocycles. The normalized spacial score (nSPS) is 15.2.